The van der Waals surface area contributed by atoms with Gasteiger partial charge in [0.2, 0.25) is 0 Å². The molecule has 0 N–H and O–H groups in total. The summed E-state index contributed by atoms with van der Waals surface area (Å²) in [6, 6.07) is 0. The molecule has 0 fully saturated rings. The second-order valence-electron chi connectivity index (χ2n) is 0.224. The molecule has 0 aliphatic heterocycles. The van der Waals surface area contributed by atoms with Crippen LogP contribution in [0.4, 0.5) is 0 Å². The number of rotatable bonds is 0. The van der Waals surface area contributed by atoms with Gasteiger partial charge in [-0.25, -0.2) is 0 Å². The van der Waals surface area contributed by atoms with E-state index in [1.807, 2.05) is 0 Å². The van der Waals surface area contributed by atoms with E-state index in [9.17, 15) is 0 Å². The van der Waals surface area contributed by atoms with Crippen LogP contribution in [0.5, 0.6) is 0 Å². The molecular weight excluding hydrogens is 495 g/mol. The Morgan fingerprint density at radius 1 is 1.00 bits per heavy atom. The fraction of sp³-hybridized carbons (Fsp3) is 0. The Morgan fingerprint density at radius 2 is 1.00 bits per heavy atom. The average Bonchev–Trinajstić information content (AvgIpc) is 0.811. The van der Waals surface area contributed by atoms with Crippen LogP contribution in [0.3, 0.4) is 0 Å². The molecule has 0 unspecified atom stereocenters. The molecule has 7 heteroatoms. The van der Waals surface area contributed by atoms with E-state index in [4.69, 9.17) is 15.3 Å². The van der Waals surface area contributed by atoms with Gasteiger partial charge in [0.05, 0.1) is 5.09 Å². The van der Waals surface area contributed by atoms with E-state index in [0.717, 1.165) is 0 Å². The minimum Gasteiger partial charge on any atom is -0.356 e. The van der Waals surface area contributed by atoms with Gasteiger partial charge in [-0.05, 0) is 0 Å². The van der Waals surface area contributed by atoms with Gasteiger partial charge in [0.25, 0.3) is 0 Å². The number of hydrogen-bond acceptors (Lipinski definition) is 3. The third-order valence-electron chi connectivity index (χ3n) is 0. The van der Waals surface area contributed by atoms with Crippen molar-refractivity contribution in [1.29, 1.82) is 0 Å². The fourth-order valence-corrected chi connectivity index (χ4v) is 0. The predicted molar refractivity (Wildman–Crippen MR) is 10.4 cm³/mol. The molecule has 0 aromatic rings. The summed E-state index contributed by atoms with van der Waals surface area (Å²) < 4.78 is 0. The van der Waals surface area contributed by atoms with Crippen molar-refractivity contribution >= 4 is 0 Å². The van der Waals surface area contributed by atoms with Crippen molar-refractivity contribution in [3.05, 3.63) is 15.3 Å². The van der Waals surface area contributed by atoms with Crippen LogP contribution in [-0.4, -0.2) is 5.09 Å². The Bertz CT molecular complexity index is 33.2. The van der Waals surface area contributed by atoms with E-state index >= 15 is 0 Å². The van der Waals surface area contributed by atoms with E-state index in [-0.39, 0.29) is 123 Å². The van der Waals surface area contributed by atoms with Crippen LogP contribution >= 0.6 is 0 Å². The maximum Gasteiger partial charge on any atom is 3.00 e. The molecule has 0 aromatic heterocycles. The third kappa shape index (κ3) is 46.0. The minimum absolute atomic E-state index is 0. The largest absolute Gasteiger partial charge is 3.00 e. The molecule has 0 saturated heterocycles. The first kappa shape index (κ1) is 22.5. The molecule has 27 valence electrons. The summed E-state index contributed by atoms with van der Waals surface area (Å²) in [6.07, 6.45) is 0. The van der Waals surface area contributed by atoms with Gasteiger partial charge in [0, 0.05) is 0 Å². The molecule has 0 rings (SSSR count). The minimum atomic E-state index is -1.75. The average molecular weight is 495 g/mol. The van der Waals surface area contributed by atoms with Gasteiger partial charge in [-0.3, -0.25) is 0 Å². The van der Waals surface area contributed by atoms with Crippen LogP contribution in [0, 0.1) is 138 Å². The zero-order valence-corrected chi connectivity index (χ0v) is 12.8. The maximum atomic E-state index is 8.25. The second kappa shape index (κ2) is 16.1. The van der Waals surface area contributed by atoms with Gasteiger partial charge in [-0.15, -0.1) is 0 Å². The van der Waals surface area contributed by atoms with E-state index in [0.29, 0.717) is 0 Å². The molecule has 0 aliphatic carbocycles. The third-order valence-corrected chi connectivity index (χ3v) is 0. The molecule has 3 radical (unpaired) electrons. The summed E-state index contributed by atoms with van der Waals surface area (Å²) in [5.74, 6) is 0. The van der Waals surface area contributed by atoms with Crippen molar-refractivity contribution in [1.82, 2.24) is 0 Å². The first-order chi connectivity index (χ1) is 1.73. The van der Waals surface area contributed by atoms with Gasteiger partial charge in [-0.2, -0.15) is 0 Å². The molecule has 0 aliphatic rings. The molecule has 0 amide bonds. The van der Waals surface area contributed by atoms with Crippen molar-refractivity contribution in [2.75, 3.05) is 0 Å². The van der Waals surface area contributed by atoms with E-state index < -0.39 is 5.09 Å². The summed E-state index contributed by atoms with van der Waals surface area (Å²) in [5, 5.41) is 14.8. The van der Waals surface area contributed by atoms with E-state index in [1.165, 1.54) is 0 Å². The fourth-order valence-electron chi connectivity index (χ4n) is 0. The van der Waals surface area contributed by atoms with Gasteiger partial charge >= 0.3 is 123 Å². The first-order valence-electron chi connectivity index (χ1n) is 0.548. The van der Waals surface area contributed by atoms with Gasteiger partial charge < -0.3 is 15.3 Å². The summed E-state index contributed by atoms with van der Waals surface area (Å²) in [4.78, 5) is 8.25. The molecule has 0 heterocycles. The Labute approximate surface area is 139 Å². The maximum absolute atomic E-state index is 8.25. The molecule has 4 nitrogen and oxygen atoms in total. The van der Waals surface area contributed by atoms with Crippen LogP contribution in [0.25, 0.3) is 0 Å². The summed E-state index contributed by atoms with van der Waals surface area (Å²) in [5.41, 5.74) is 0. The second-order valence-corrected chi connectivity index (χ2v) is 0.224. The van der Waals surface area contributed by atoms with Crippen molar-refractivity contribution in [2.24, 2.45) is 0 Å². The van der Waals surface area contributed by atoms with Crippen molar-refractivity contribution in [2.45, 2.75) is 0 Å². The predicted octanol–water partition coefficient (Wildman–Crippen LogP) is -0.239. The zero-order valence-electron chi connectivity index (χ0n) is 3.17. The van der Waals surface area contributed by atoms with Crippen LogP contribution in [0.15, 0.2) is 0 Å². The topological polar surface area (TPSA) is 66.2 Å². The Morgan fingerprint density at radius 3 is 1.00 bits per heavy atom. The molecule has 0 aromatic carbocycles. The molecule has 0 bridgehead atoms. The quantitative estimate of drug-likeness (QED) is 0.345. The standard InChI is InChI=1S/NO3.3Nd/c2-1(3)4;;;/q-1;3*+3. The smallest absolute Gasteiger partial charge is 0.356 e. The van der Waals surface area contributed by atoms with E-state index in [1.54, 1.807) is 0 Å². The van der Waals surface area contributed by atoms with Crippen molar-refractivity contribution in [3.63, 3.8) is 0 Å². The van der Waals surface area contributed by atoms with Gasteiger partial charge in [0.1, 0.15) is 0 Å². The SMILES string of the molecule is O=[N+]([O-])[O-].[Nd+3].[Nd+3].[Nd+3]. The molecule has 0 atom stereocenters. The molecule has 7 heavy (non-hydrogen) atoms. The zero-order chi connectivity index (χ0) is 3.58. The Kier molecular flexibility index (Phi) is 51.7. The molecule has 0 saturated carbocycles. The normalized spacial score (nSPS) is 3.43. The van der Waals surface area contributed by atoms with Crippen LogP contribution in [0.2, 0.25) is 0 Å². The molecule has 0 spiro atoms. The first-order valence-corrected chi connectivity index (χ1v) is 0.548. The van der Waals surface area contributed by atoms with Crippen LogP contribution < -0.4 is 0 Å². The Balaban J connectivity index is -0.0000000150. The van der Waals surface area contributed by atoms with Crippen LogP contribution in [0.1, 0.15) is 0 Å². The van der Waals surface area contributed by atoms with Gasteiger partial charge in [0.15, 0.2) is 0 Å². The van der Waals surface area contributed by atoms with E-state index in [2.05, 4.69) is 0 Å². The number of nitrogens with zero attached hydrogens (tertiary/aromatic N) is 1. The summed E-state index contributed by atoms with van der Waals surface area (Å²) in [6.45, 7) is 0. The molecular formula is NNd3O3+8. The summed E-state index contributed by atoms with van der Waals surface area (Å²) >= 11 is 0. The van der Waals surface area contributed by atoms with Crippen molar-refractivity contribution in [3.8, 4) is 0 Å². The van der Waals surface area contributed by atoms with Crippen LogP contribution in [-0.2, 0) is 0 Å². The van der Waals surface area contributed by atoms with Gasteiger partial charge in [-0.1, -0.05) is 0 Å². The monoisotopic (exact) mass is 488 g/mol. The Hall–Kier alpha value is 3.25. The number of hydrogen-bond donors (Lipinski definition) is 0. The van der Waals surface area contributed by atoms with Crippen molar-refractivity contribution < 1.29 is 128 Å². The summed E-state index contributed by atoms with van der Waals surface area (Å²) in [7, 11) is 0.